The summed E-state index contributed by atoms with van der Waals surface area (Å²) in [5, 5.41) is 2.98. The Bertz CT molecular complexity index is 1710. The first-order chi connectivity index (χ1) is 17.8. The van der Waals surface area contributed by atoms with Crippen LogP contribution in [-0.4, -0.2) is 35.3 Å². The zero-order valence-corrected chi connectivity index (χ0v) is 21.8. The summed E-state index contributed by atoms with van der Waals surface area (Å²) in [7, 11) is 0. The Balaban J connectivity index is 1.21. The number of para-hydroxylation sites is 2. The minimum absolute atomic E-state index is 0.101. The number of pyridine rings is 2. The molecule has 176 valence electrons. The molecule has 0 aliphatic heterocycles. The third-order valence-corrected chi connectivity index (χ3v) is 9.04. The summed E-state index contributed by atoms with van der Waals surface area (Å²) < 4.78 is 2.27. The van der Waals surface area contributed by atoms with E-state index in [0.717, 1.165) is 39.7 Å². The predicted molar refractivity (Wildman–Crippen MR) is 149 cm³/mol. The molecule has 1 N–H and O–H groups in total. The normalized spacial score (nSPS) is 11.7. The molecule has 0 radical (unpaired) electrons. The van der Waals surface area contributed by atoms with Crippen molar-refractivity contribution in [2.24, 2.45) is 0 Å². The molecule has 0 spiro atoms. The van der Waals surface area contributed by atoms with Crippen molar-refractivity contribution in [1.29, 1.82) is 0 Å². The van der Waals surface area contributed by atoms with Crippen LogP contribution in [0, 0.1) is 0 Å². The van der Waals surface area contributed by atoms with E-state index in [1.165, 1.54) is 16.3 Å². The number of aryl methyl sites for hydroxylation is 1. The average Bonchev–Trinajstić information content (AvgIpc) is 3.35. The van der Waals surface area contributed by atoms with Gasteiger partial charge in [-0.2, -0.15) is 0 Å². The van der Waals surface area contributed by atoms with Gasteiger partial charge < -0.3 is 0 Å². The van der Waals surface area contributed by atoms with Crippen LogP contribution in [-0.2, 0) is 11.8 Å². The Morgan fingerprint density at radius 3 is 2.50 bits per heavy atom. The number of rotatable bonds is 7. The Kier molecular flexibility index (Phi) is 6.23. The van der Waals surface area contributed by atoms with E-state index in [-0.39, 0.29) is 21.3 Å². The molecule has 0 aliphatic carbocycles. The van der Waals surface area contributed by atoms with Crippen LogP contribution in [0.3, 0.4) is 0 Å². The van der Waals surface area contributed by atoms with Gasteiger partial charge in [-0.1, -0.05) is 0 Å². The van der Waals surface area contributed by atoms with E-state index in [1.807, 2.05) is 42.7 Å². The third-order valence-electron chi connectivity index (χ3n) is 6.45. The topological polar surface area (TPSA) is 63.6 Å². The molecule has 36 heavy (non-hydrogen) atoms. The number of nitrogens with zero attached hydrogens (tertiary/aromatic N) is 3. The Morgan fingerprint density at radius 1 is 0.833 bits per heavy atom. The van der Waals surface area contributed by atoms with E-state index in [0.29, 0.717) is 10.9 Å². The second-order valence-corrected chi connectivity index (χ2v) is 11.6. The van der Waals surface area contributed by atoms with E-state index >= 15 is 0 Å². The molecule has 0 bridgehead atoms. The number of hydrogen-bond donors (Lipinski definition) is 1. The van der Waals surface area contributed by atoms with Gasteiger partial charge in [-0.15, -0.1) is 0 Å². The summed E-state index contributed by atoms with van der Waals surface area (Å²) in [6.45, 7) is 1.03. The van der Waals surface area contributed by atoms with Gasteiger partial charge in [0.1, 0.15) is 0 Å². The molecule has 6 heteroatoms. The number of aromatic amines is 1. The van der Waals surface area contributed by atoms with Crippen LogP contribution < -0.4 is 5.56 Å². The maximum atomic E-state index is 12.4. The second kappa shape index (κ2) is 9.96. The van der Waals surface area contributed by atoms with Crippen LogP contribution in [0.4, 0.5) is 0 Å². The van der Waals surface area contributed by atoms with Crippen LogP contribution in [0.15, 0.2) is 108 Å². The molecule has 6 aromatic rings. The molecule has 0 amide bonds. The van der Waals surface area contributed by atoms with Gasteiger partial charge in [-0.05, 0) is 0 Å². The molecule has 5 nitrogen and oxygen atoms in total. The number of benzene rings is 3. The summed E-state index contributed by atoms with van der Waals surface area (Å²) in [5.74, 6) is 0. The molecule has 1 atom stereocenters. The van der Waals surface area contributed by atoms with Crippen LogP contribution in [0.1, 0.15) is 5.56 Å². The number of imidazole rings is 1. The quantitative estimate of drug-likeness (QED) is 0.213. The molecule has 1 unspecified atom stereocenters. The Morgan fingerprint density at radius 2 is 1.64 bits per heavy atom. The fourth-order valence-electron chi connectivity index (χ4n) is 4.57. The van der Waals surface area contributed by atoms with Gasteiger partial charge in [0, 0.05) is 0 Å². The number of H-pyrrole nitrogens is 1. The van der Waals surface area contributed by atoms with Gasteiger partial charge in [0.25, 0.3) is 0 Å². The fraction of sp³-hybridized carbons (Fsp3) is 0.100. The van der Waals surface area contributed by atoms with Gasteiger partial charge in [0.05, 0.1) is 0 Å². The van der Waals surface area contributed by atoms with Gasteiger partial charge in [-0.25, -0.2) is 0 Å². The zero-order chi connectivity index (χ0) is 24.3. The van der Waals surface area contributed by atoms with E-state index in [9.17, 15) is 4.79 Å². The van der Waals surface area contributed by atoms with Crippen molar-refractivity contribution in [3.63, 3.8) is 0 Å². The monoisotopic (exact) mass is 532 g/mol. The van der Waals surface area contributed by atoms with Crippen LogP contribution in [0.2, 0.25) is 5.21 Å². The molecule has 6 rings (SSSR count). The summed E-state index contributed by atoms with van der Waals surface area (Å²) in [6.07, 6.45) is 3.61. The number of aromatic nitrogens is 4. The molecule has 0 aliphatic rings. The third kappa shape index (κ3) is 4.50. The molecule has 3 aromatic heterocycles. The summed E-state index contributed by atoms with van der Waals surface area (Å²) in [5.41, 5.74) is 8.21. The summed E-state index contributed by atoms with van der Waals surface area (Å²) in [4.78, 5) is 24.6. The first-order valence-electron chi connectivity index (χ1n) is 12.0. The fourth-order valence-corrected chi connectivity index (χ4v) is 6.88. The SMILES string of the molecule is O=c1[nH]ccc2nc(-c3ccc(C[AsH]CCn4cnc5ccccc54)cc3)c(-c3ccccc3)cc12. The first kappa shape index (κ1) is 22.5. The second-order valence-electron chi connectivity index (χ2n) is 8.79. The molecule has 3 aromatic carbocycles. The van der Waals surface area contributed by atoms with Crippen molar-refractivity contribution in [3.05, 3.63) is 119 Å². The summed E-state index contributed by atoms with van der Waals surface area (Å²) >= 11 is -0.101. The minimum atomic E-state index is -0.118. The zero-order valence-electron chi connectivity index (χ0n) is 19.7. The van der Waals surface area contributed by atoms with Crippen molar-refractivity contribution in [3.8, 4) is 22.4 Å². The van der Waals surface area contributed by atoms with Crippen molar-refractivity contribution in [2.45, 2.75) is 17.0 Å². The van der Waals surface area contributed by atoms with Gasteiger partial charge >= 0.3 is 216 Å². The number of nitrogens with one attached hydrogen (secondary N) is 1. The van der Waals surface area contributed by atoms with Gasteiger partial charge in [-0.3, -0.25) is 0 Å². The van der Waals surface area contributed by atoms with Crippen molar-refractivity contribution >= 4 is 37.7 Å². The number of fused-ring (bicyclic) bond motifs is 2. The number of hydrogen-bond acceptors (Lipinski definition) is 3. The molecule has 0 saturated heterocycles. The van der Waals surface area contributed by atoms with Crippen molar-refractivity contribution < 1.29 is 0 Å². The van der Waals surface area contributed by atoms with E-state index in [1.54, 1.807) is 6.20 Å². The standard InChI is InChI=1S/C30H25AsN4O/c36-30-25-18-24(22-6-2-1-3-7-22)29(34-26(25)14-16-32-30)23-12-10-21(11-13-23)19-31-15-17-35-20-33-27-8-4-5-9-28(27)35/h1-14,16,18,20,31H,15,17,19H2,(H,32,36). The molecule has 0 saturated carbocycles. The predicted octanol–water partition coefficient (Wildman–Crippen LogP) is 5.66. The molecule has 3 heterocycles. The maximum absolute atomic E-state index is 12.4. The van der Waals surface area contributed by atoms with E-state index < -0.39 is 0 Å². The van der Waals surface area contributed by atoms with Crippen LogP contribution in [0.25, 0.3) is 44.3 Å². The first-order valence-corrected chi connectivity index (χ1v) is 15.0. The van der Waals surface area contributed by atoms with Crippen LogP contribution in [0.5, 0.6) is 0 Å². The molecular weight excluding hydrogens is 507 g/mol. The average molecular weight is 532 g/mol. The van der Waals surface area contributed by atoms with E-state index in [4.69, 9.17) is 4.98 Å². The van der Waals surface area contributed by atoms with Crippen LogP contribution >= 0.6 is 0 Å². The van der Waals surface area contributed by atoms with Gasteiger partial charge in [0.2, 0.25) is 0 Å². The molecular formula is C30H25AsN4O. The Labute approximate surface area is 215 Å². The van der Waals surface area contributed by atoms with E-state index in [2.05, 4.69) is 69.1 Å². The van der Waals surface area contributed by atoms with Gasteiger partial charge in [0.15, 0.2) is 0 Å². The van der Waals surface area contributed by atoms with Crippen molar-refractivity contribution in [1.82, 2.24) is 19.5 Å². The molecule has 0 fully saturated rings. The van der Waals surface area contributed by atoms with Crippen molar-refractivity contribution in [2.75, 3.05) is 0 Å². The Hall–Kier alpha value is -3.95. The summed E-state index contributed by atoms with van der Waals surface area (Å²) in [6, 6.07) is 31.1.